The van der Waals surface area contributed by atoms with Gasteiger partial charge in [-0.1, -0.05) is 48.0 Å². The molecule has 3 aromatic carbocycles. The molecule has 0 unspecified atom stereocenters. The molecule has 0 aliphatic heterocycles. The number of methoxy groups -OCH3 is 1. The van der Waals surface area contributed by atoms with Crippen LogP contribution in [-0.2, 0) is 4.74 Å². The zero-order valence-electron chi connectivity index (χ0n) is 16.0. The summed E-state index contributed by atoms with van der Waals surface area (Å²) in [4.78, 5) is 17.2. The number of pyridine rings is 1. The topological polar surface area (TPSA) is 60.5 Å². The standard InChI is InChI=1S/C23H19ClN2O3/c1-3-29-23(27)18-13-25-21-16-7-5-4-6-14(16)8-10-17(21)22(18)26-19-12-15(24)9-11-20(19)28-2/h4-13H,3H2,1-2H3,(H,25,26). The fraction of sp³-hybridized carbons (Fsp3) is 0.130. The first kappa shape index (κ1) is 19.0. The minimum absolute atomic E-state index is 0.272. The summed E-state index contributed by atoms with van der Waals surface area (Å²) < 4.78 is 10.7. The highest BCUT2D eigenvalue weighted by atomic mass is 35.5. The molecule has 0 spiro atoms. The quantitative estimate of drug-likeness (QED) is 0.327. The van der Waals surface area contributed by atoms with Crippen LogP contribution in [0.15, 0.2) is 60.8 Å². The Morgan fingerprint density at radius 3 is 2.72 bits per heavy atom. The molecule has 29 heavy (non-hydrogen) atoms. The van der Waals surface area contributed by atoms with Crippen LogP contribution in [0.5, 0.6) is 5.75 Å². The van der Waals surface area contributed by atoms with Gasteiger partial charge in [0.15, 0.2) is 0 Å². The first-order valence-corrected chi connectivity index (χ1v) is 9.58. The average molecular weight is 407 g/mol. The smallest absolute Gasteiger partial charge is 0.341 e. The number of carbonyl (C=O) groups is 1. The Hall–Kier alpha value is -3.31. The van der Waals surface area contributed by atoms with Crippen LogP contribution in [0.1, 0.15) is 17.3 Å². The molecule has 1 heterocycles. The molecule has 4 aromatic rings. The lowest BCUT2D eigenvalue weighted by Gasteiger charge is -2.17. The van der Waals surface area contributed by atoms with Gasteiger partial charge >= 0.3 is 5.97 Å². The van der Waals surface area contributed by atoms with Crippen molar-refractivity contribution in [1.29, 1.82) is 0 Å². The summed E-state index contributed by atoms with van der Waals surface area (Å²) in [5.41, 5.74) is 2.38. The molecule has 0 saturated carbocycles. The summed E-state index contributed by atoms with van der Waals surface area (Å²) in [6, 6.07) is 17.2. The Morgan fingerprint density at radius 1 is 1.10 bits per heavy atom. The van der Waals surface area contributed by atoms with Crippen LogP contribution >= 0.6 is 11.6 Å². The second kappa shape index (κ2) is 7.97. The number of aromatic nitrogens is 1. The molecule has 4 rings (SSSR count). The van der Waals surface area contributed by atoms with E-state index in [1.807, 2.05) is 36.4 Å². The molecular weight excluding hydrogens is 388 g/mol. The van der Waals surface area contributed by atoms with Crippen molar-refractivity contribution in [1.82, 2.24) is 4.98 Å². The lowest BCUT2D eigenvalue weighted by Crippen LogP contribution is -2.09. The molecule has 0 saturated heterocycles. The fourth-order valence-corrected chi connectivity index (χ4v) is 3.52. The second-order valence-electron chi connectivity index (χ2n) is 6.42. The van der Waals surface area contributed by atoms with Crippen LogP contribution in [0.3, 0.4) is 0 Å². The third-order valence-electron chi connectivity index (χ3n) is 4.68. The molecular formula is C23H19ClN2O3. The van der Waals surface area contributed by atoms with Gasteiger partial charge in [-0.15, -0.1) is 0 Å². The predicted molar refractivity (Wildman–Crippen MR) is 116 cm³/mol. The van der Waals surface area contributed by atoms with Gasteiger partial charge in [0.2, 0.25) is 0 Å². The predicted octanol–water partition coefficient (Wildman–Crippen LogP) is 5.97. The van der Waals surface area contributed by atoms with Crippen LogP contribution in [0.2, 0.25) is 5.02 Å². The van der Waals surface area contributed by atoms with E-state index in [9.17, 15) is 4.79 Å². The average Bonchev–Trinajstić information content (AvgIpc) is 2.74. The van der Waals surface area contributed by atoms with E-state index in [1.54, 1.807) is 38.4 Å². The lowest BCUT2D eigenvalue weighted by molar-refractivity contribution is 0.0527. The SMILES string of the molecule is CCOC(=O)c1cnc2c(ccc3ccccc32)c1Nc1cc(Cl)ccc1OC. The van der Waals surface area contributed by atoms with E-state index >= 15 is 0 Å². The number of esters is 1. The number of nitrogens with zero attached hydrogens (tertiary/aromatic N) is 1. The van der Waals surface area contributed by atoms with Crippen molar-refractivity contribution < 1.29 is 14.3 Å². The van der Waals surface area contributed by atoms with Crippen LogP contribution in [0.25, 0.3) is 21.7 Å². The molecule has 0 aliphatic rings. The lowest BCUT2D eigenvalue weighted by atomic mass is 10.0. The maximum absolute atomic E-state index is 12.6. The van der Waals surface area contributed by atoms with Gasteiger partial charge in [0.05, 0.1) is 30.6 Å². The number of fused-ring (bicyclic) bond motifs is 3. The molecule has 146 valence electrons. The summed E-state index contributed by atoms with van der Waals surface area (Å²) >= 11 is 6.19. The highest BCUT2D eigenvalue weighted by Gasteiger charge is 2.19. The van der Waals surface area contributed by atoms with E-state index in [0.717, 1.165) is 21.7 Å². The summed E-state index contributed by atoms with van der Waals surface area (Å²) in [6.07, 6.45) is 1.55. The van der Waals surface area contributed by atoms with E-state index in [1.165, 1.54) is 0 Å². The first-order chi connectivity index (χ1) is 14.1. The van der Waals surface area contributed by atoms with Gasteiger partial charge in [0, 0.05) is 22.0 Å². The van der Waals surface area contributed by atoms with Gasteiger partial charge in [0.1, 0.15) is 11.3 Å². The largest absolute Gasteiger partial charge is 0.495 e. The van der Waals surface area contributed by atoms with E-state index in [-0.39, 0.29) is 6.61 Å². The minimum atomic E-state index is -0.446. The van der Waals surface area contributed by atoms with Crippen LogP contribution in [0.4, 0.5) is 11.4 Å². The van der Waals surface area contributed by atoms with E-state index in [0.29, 0.717) is 27.7 Å². The van der Waals surface area contributed by atoms with Crippen molar-refractivity contribution in [3.05, 3.63) is 71.4 Å². The second-order valence-corrected chi connectivity index (χ2v) is 6.86. The highest BCUT2D eigenvalue weighted by Crippen LogP contribution is 2.37. The van der Waals surface area contributed by atoms with Gasteiger partial charge in [-0.25, -0.2) is 4.79 Å². The van der Waals surface area contributed by atoms with Gasteiger partial charge in [0.25, 0.3) is 0 Å². The van der Waals surface area contributed by atoms with Crippen molar-refractivity contribution in [2.75, 3.05) is 19.0 Å². The fourth-order valence-electron chi connectivity index (χ4n) is 3.35. The molecule has 1 aromatic heterocycles. The summed E-state index contributed by atoms with van der Waals surface area (Å²) in [5.74, 6) is 0.161. The van der Waals surface area contributed by atoms with Crippen molar-refractivity contribution in [2.45, 2.75) is 6.92 Å². The minimum Gasteiger partial charge on any atom is -0.495 e. The number of benzene rings is 3. The zero-order valence-corrected chi connectivity index (χ0v) is 16.8. The highest BCUT2D eigenvalue weighted by molar-refractivity contribution is 6.31. The van der Waals surface area contributed by atoms with Crippen molar-refractivity contribution in [2.24, 2.45) is 0 Å². The van der Waals surface area contributed by atoms with Crippen molar-refractivity contribution >= 4 is 50.6 Å². The molecule has 0 fully saturated rings. The normalized spacial score (nSPS) is 10.9. The van der Waals surface area contributed by atoms with E-state index in [4.69, 9.17) is 21.1 Å². The number of hydrogen-bond acceptors (Lipinski definition) is 5. The van der Waals surface area contributed by atoms with Crippen molar-refractivity contribution in [3.8, 4) is 5.75 Å². The third kappa shape index (κ3) is 3.57. The molecule has 0 aliphatic carbocycles. The Morgan fingerprint density at radius 2 is 1.93 bits per heavy atom. The first-order valence-electron chi connectivity index (χ1n) is 9.20. The number of halogens is 1. The Labute approximate surface area is 173 Å². The number of rotatable bonds is 5. The molecule has 6 heteroatoms. The summed E-state index contributed by atoms with van der Waals surface area (Å²) in [6.45, 7) is 2.04. The molecule has 1 N–H and O–H groups in total. The Balaban J connectivity index is 1.98. The van der Waals surface area contributed by atoms with E-state index < -0.39 is 5.97 Å². The number of carbonyl (C=O) groups excluding carboxylic acids is 1. The number of hydrogen-bond donors (Lipinski definition) is 1. The van der Waals surface area contributed by atoms with Gasteiger partial charge in [-0.3, -0.25) is 4.98 Å². The van der Waals surface area contributed by atoms with Gasteiger partial charge < -0.3 is 14.8 Å². The van der Waals surface area contributed by atoms with Crippen LogP contribution in [-0.4, -0.2) is 24.7 Å². The maximum Gasteiger partial charge on any atom is 0.341 e. The van der Waals surface area contributed by atoms with Crippen molar-refractivity contribution in [3.63, 3.8) is 0 Å². The van der Waals surface area contributed by atoms with Crippen LogP contribution in [0, 0.1) is 0 Å². The molecule has 0 atom stereocenters. The van der Waals surface area contributed by atoms with Crippen LogP contribution < -0.4 is 10.1 Å². The monoisotopic (exact) mass is 406 g/mol. The number of ether oxygens (including phenoxy) is 2. The number of nitrogens with one attached hydrogen (secondary N) is 1. The third-order valence-corrected chi connectivity index (χ3v) is 4.91. The Bertz CT molecular complexity index is 1220. The molecule has 0 amide bonds. The Kier molecular flexibility index (Phi) is 5.23. The van der Waals surface area contributed by atoms with E-state index in [2.05, 4.69) is 10.3 Å². The molecule has 0 radical (unpaired) electrons. The summed E-state index contributed by atoms with van der Waals surface area (Å²) in [7, 11) is 1.58. The zero-order chi connectivity index (χ0) is 20.4. The molecule has 5 nitrogen and oxygen atoms in total. The van der Waals surface area contributed by atoms with Gasteiger partial charge in [-0.05, 0) is 30.5 Å². The molecule has 0 bridgehead atoms. The summed E-state index contributed by atoms with van der Waals surface area (Å²) in [5, 5.41) is 6.76. The maximum atomic E-state index is 12.6. The van der Waals surface area contributed by atoms with Gasteiger partial charge in [-0.2, -0.15) is 0 Å². The number of anilines is 2.